The van der Waals surface area contributed by atoms with Gasteiger partial charge < -0.3 is 24.7 Å². The highest BCUT2D eigenvalue weighted by Crippen LogP contribution is 2.54. The Morgan fingerprint density at radius 3 is 2.66 bits per heavy atom. The number of carbonyl (C=O) groups is 2. The molecular weight excluding hydrogens is 448 g/mol. The highest BCUT2D eigenvalue weighted by Gasteiger charge is 2.62. The van der Waals surface area contributed by atoms with Crippen LogP contribution < -0.4 is 20.9 Å². The van der Waals surface area contributed by atoms with E-state index >= 15 is 0 Å². The molecule has 2 aliphatic heterocycles. The number of anilines is 1. The Balaban J connectivity index is 1.89. The Hall–Kier alpha value is -4.40. The number of carbonyl (C=O) groups excluding carboxylic acids is 2. The molecule has 1 spiro atoms. The lowest BCUT2D eigenvalue weighted by Gasteiger charge is -2.35. The number of amides is 1. The Kier molecular flexibility index (Phi) is 5.20. The molecule has 1 aromatic carbocycles. The molecule has 5 rings (SSSR count). The van der Waals surface area contributed by atoms with Crippen molar-refractivity contribution in [3.63, 3.8) is 0 Å². The van der Waals surface area contributed by atoms with Gasteiger partial charge >= 0.3 is 5.97 Å². The minimum atomic E-state index is -1.81. The van der Waals surface area contributed by atoms with Crippen LogP contribution in [0.4, 0.5) is 5.69 Å². The second kappa shape index (κ2) is 8.12. The number of ether oxygens (including phenoxy) is 2. The van der Waals surface area contributed by atoms with Gasteiger partial charge in [0.2, 0.25) is 11.8 Å². The van der Waals surface area contributed by atoms with Gasteiger partial charge in [-0.2, -0.15) is 0 Å². The van der Waals surface area contributed by atoms with Gasteiger partial charge in [-0.15, -0.1) is 0 Å². The van der Waals surface area contributed by atoms with Crippen LogP contribution in [0.1, 0.15) is 29.3 Å². The Morgan fingerprint density at radius 1 is 1.20 bits per heavy atom. The summed E-state index contributed by atoms with van der Waals surface area (Å²) in [6, 6.07) is 12.4. The molecule has 0 fully saturated rings. The van der Waals surface area contributed by atoms with Crippen LogP contribution in [0.5, 0.6) is 5.75 Å². The predicted molar refractivity (Wildman–Crippen MR) is 128 cm³/mol. The Bertz CT molecular complexity index is 1460. The summed E-state index contributed by atoms with van der Waals surface area (Å²) < 4.78 is 12.4. The van der Waals surface area contributed by atoms with Crippen LogP contribution in [0.15, 0.2) is 71.1 Å². The van der Waals surface area contributed by atoms with E-state index in [1.165, 1.54) is 7.11 Å². The topological polar surface area (TPSA) is 117 Å². The number of benzene rings is 1. The second-order valence-electron chi connectivity index (χ2n) is 8.43. The summed E-state index contributed by atoms with van der Waals surface area (Å²) in [4.78, 5) is 47.2. The molecule has 9 heteroatoms. The number of aromatic nitrogens is 2. The second-order valence-corrected chi connectivity index (χ2v) is 8.43. The Morgan fingerprint density at radius 2 is 1.97 bits per heavy atom. The fourth-order valence-corrected chi connectivity index (χ4v) is 5.12. The summed E-state index contributed by atoms with van der Waals surface area (Å²) >= 11 is 0. The molecule has 0 aliphatic carbocycles. The van der Waals surface area contributed by atoms with E-state index < -0.39 is 22.9 Å². The lowest BCUT2D eigenvalue weighted by atomic mass is 9.68. The molecule has 1 unspecified atom stereocenters. The smallest absolute Gasteiger partial charge is 0.340 e. The highest BCUT2D eigenvalue weighted by atomic mass is 16.5. The average molecular weight is 473 g/mol. The molecule has 2 aromatic heterocycles. The number of hydrogen-bond donors (Lipinski definition) is 1. The lowest BCUT2D eigenvalue weighted by Crippen LogP contribution is -2.52. The van der Waals surface area contributed by atoms with Crippen molar-refractivity contribution in [2.24, 2.45) is 5.73 Å². The summed E-state index contributed by atoms with van der Waals surface area (Å²) in [6.07, 6.45) is 3.32. The van der Waals surface area contributed by atoms with Crippen molar-refractivity contribution in [3.05, 3.63) is 99.1 Å². The summed E-state index contributed by atoms with van der Waals surface area (Å²) in [5.74, 6) is -1.42. The quantitative estimate of drug-likeness (QED) is 0.577. The van der Waals surface area contributed by atoms with Gasteiger partial charge in [0.25, 0.3) is 5.56 Å². The van der Waals surface area contributed by atoms with Crippen LogP contribution in [0.25, 0.3) is 0 Å². The number of esters is 1. The van der Waals surface area contributed by atoms with E-state index in [4.69, 9.17) is 15.2 Å². The maximum atomic E-state index is 14.2. The molecule has 2 aliphatic rings. The third-order valence-electron chi connectivity index (χ3n) is 6.62. The molecule has 2 N–H and O–H groups in total. The number of nitrogens with zero attached hydrogens (tertiary/aromatic N) is 3. The number of likely N-dealkylation sites (N-methyl/N-ethyl adjacent to an activating group) is 1. The van der Waals surface area contributed by atoms with E-state index in [0.29, 0.717) is 23.5 Å². The van der Waals surface area contributed by atoms with Crippen molar-refractivity contribution in [3.8, 4) is 5.75 Å². The van der Waals surface area contributed by atoms with Crippen molar-refractivity contribution in [2.75, 3.05) is 18.6 Å². The molecule has 0 bridgehead atoms. The van der Waals surface area contributed by atoms with Crippen molar-refractivity contribution in [1.29, 1.82) is 0 Å². The first kappa shape index (κ1) is 22.4. The fraction of sp³-hybridized carbons (Fsp3) is 0.231. The molecular formula is C26H24N4O5. The van der Waals surface area contributed by atoms with E-state index in [-0.39, 0.29) is 29.3 Å². The molecule has 0 saturated heterocycles. The molecule has 0 radical (unpaired) electrons. The van der Waals surface area contributed by atoms with Crippen LogP contribution in [-0.4, -0.2) is 35.1 Å². The van der Waals surface area contributed by atoms with Gasteiger partial charge in [-0.05, 0) is 31.5 Å². The third kappa shape index (κ3) is 3.01. The molecule has 0 saturated carbocycles. The summed E-state index contributed by atoms with van der Waals surface area (Å²) in [5, 5.41) is 0. The minimum Gasteiger partial charge on any atom is -0.465 e. The van der Waals surface area contributed by atoms with Crippen LogP contribution >= 0.6 is 0 Å². The zero-order valence-corrected chi connectivity index (χ0v) is 19.6. The van der Waals surface area contributed by atoms with Gasteiger partial charge in [0.05, 0.1) is 19.2 Å². The zero-order valence-electron chi connectivity index (χ0n) is 19.6. The summed E-state index contributed by atoms with van der Waals surface area (Å²) in [6.45, 7) is 4.15. The van der Waals surface area contributed by atoms with Gasteiger partial charge in [0.15, 0.2) is 0 Å². The van der Waals surface area contributed by atoms with Crippen molar-refractivity contribution < 1.29 is 19.1 Å². The summed E-state index contributed by atoms with van der Waals surface area (Å²) in [5.41, 5.74) is 6.32. The van der Waals surface area contributed by atoms with E-state index in [0.717, 1.165) is 5.56 Å². The van der Waals surface area contributed by atoms with Gasteiger partial charge in [-0.1, -0.05) is 24.3 Å². The van der Waals surface area contributed by atoms with E-state index in [1.807, 2.05) is 13.0 Å². The van der Waals surface area contributed by atoms with Crippen molar-refractivity contribution >= 4 is 17.6 Å². The Labute approximate surface area is 201 Å². The average Bonchev–Trinajstić information content (AvgIpc) is 3.09. The van der Waals surface area contributed by atoms with Crippen LogP contribution in [0.3, 0.4) is 0 Å². The van der Waals surface area contributed by atoms with Gasteiger partial charge in [0.1, 0.15) is 16.7 Å². The molecule has 1 amide bonds. The summed E-state index contributed by atoms with van der Waals surface area (Å²) in [7, 11) is 1.20. The first-order chi connectivity index (χ1) is 16.9. The lowest BCUT2D eigenvalue weighted by molar-refractivity contribution is -0.138. The first-order valence-electron chi connectivity index (χ1n) is 11.2. The maximum absolute atomic E-state index is 14.2. The van der Waals surface area contributed by atoms with Crippen molar-refractivity contribution in [2.45, 2.75) is 25.8 Å². The molecule has 35 heavy (non-hydrogen) atoms. The SMILES string of the molecule is CCN1C(=O)C2(C(C(=O)OC)=C(N)Oc3cc(C)n(Cc4cccnc4)c(=O)c32)c2ccccc21. The number of pyridine rings is 2. The number of methoxy groups -OCH3 is 1. The molecule has 3 aromatic rings. The van der Waals surface area contributed by atoms with Gasteiger partial charge in [0, 0.05) is 41.9 Å². The number of para-hydroxylation sites is 1. The third-order valence-corrected chi connectivity index (χ3v) is 6.62. The first-order valence-corrected chi connectivity index (χ1v) is 11.2. The fourth-order valence-electron chi connectivity index (χ4n) is 5.12. The largest absolute Gasteiger partial charge is 0.465 e. The van der Waals surface area contributed by atoms with Crippen molar-refractivity contribution in [1.82, 2.24) is 9.55 Å². The molecule has 178 valence electrons. The molecule has 9 nitrogen and oxygen atoms in total. The monoisotopic (exact) mass is 472 g/mol. The highest BCUT2D eigenvalue weighted by molar-refractivity contribution is 6.18. The number of aryl methyl sites for hydroxylation is 1. The normalized spacial score (nSPS) is 18.4. The van der Waals surface area contributed by atoms with Crippen LogP contribution in [-0.2, 0) is 26.3 Å². The standard InChI is InChI=1S/C26H24N4O5/c1-4-29-18-10-6-5-9-17(18)26(25(29)33)20-19(35-22(27)21(26)24(32)34-3)12-15(2)30(23(20)31)14-16-8-7-11-28-13-16/h5-13H,4,14,27H2,1-3H3. The van der Waals surface area contributed by atoms with E-state index in [1.54, 1.807) is 65.2 Å². The molecule has 4 heterocycles. The van der Waals surface area contributed by atoms with Crippen LogP contribution in [0, 0.1) is 6.92 Å². The van der Waals surface area contributed by atoms with Gasteiger partial charge in [-0.3, -0.25) is 14.6 Å². The minimum absolute atomic E-state index is 0.0370. The number of rotatable bonds is 4. The van der Waals surface area contributed by atoms with E-state index in [9.17, 15) is 14.4 Å². The van der Waals surface area contributed by atoms with E-state index in [2.05, 4.69) is 4.98 Å². The predicted octanol–water partition coefficient (Wildman–Crippen LogP) is 1.99. The number of nitrogens with two attached hydrogens (primary N) is 1. The number of fused-ring (bicyclic) bond motifs is 4. The zero-order chi connectivity index (χ0) is 24.9. The maximum Gasteiger partial charge on any atom is 0.340 e. The van der Waals surface area contributed by atoms with Crippen LogP contribution in [0.2, 0.25) is 0 Å². The molecule has 1 atom stereocenters. The number of hydrogen-bond acceptors (Lipinski definition) is 7. The van der Waals surface area contributed by atoms with Gasteiger partial charge in [-0.25, -0.2) is 4.79 Å².